The first-order valence-electron chi connectivity index (χ1n) is 3.46. The highest BCUT2D eigenvalue weighted by atomic mass is 14.5. The monoisotopic (exact) mass is 111 g/mol. The molecule has 0 bridgehead atoms. The van der Waals surface area contributed by atoms with Crippen LogP contribution in [-0.4, -0.2) is 0 Å². The Balaban J connectivity index is 2.17. The van der Waals surface area contributed by atoms with Gasteiger partial charge in [0.05, 0.1) is 0 Å². The normalized spacial score (nSPS) is 32.6. The van der Waals surface area contributed by atoms with Gasteiger partial charge in [-0.1, -0.05) is 27.2 Å². The molecule has 47 valence electrons. The van der Waals surface area contributed by atoms with E-state index in [2.05, 4.69) is 20.8 Å². The van der Waals surface area contributed by atoms with Crippen LogP contribution in [0.1, 0.15) is 33.1 Å². The van der Waals surface area contributed by atoms with Gasteiger partial charge in [0.1, 0.15) is 0 Å². The van der Waals surface area contributed by atoms with Crippen LogP contribution >= 0.6 is 0 Å². The van der Waals surface area contributed by atoms with Gasteiger partial charge >= 0.3 is 0 Å². The third kappa shape index (κ3) is 1.04. The molecule has 1 rings (SSSR count). The Morgan fingerprint density at radius 3 is 2.25 bits per heavy atom. The zero-order valence-electron chi connectivity index (χ0n) is 5.91. The first-order chi connectivity index (χ1) is 3.67. The SMILES string of the molecule is [CH2]CCC1CC1(C)C. The Labute approximate surface area is 52.3 Å². The van der Waals surface area contributed by atoms with E-state index in [4.69, 9.17) is 0 Å². The van der Waals surface area contributed by atoms with Crippen molar-refractivity contribution in [2.45, 2.75) is 33.1 Å². The van der Waals surface area contributed by atoms with Crippen molar-refractivity contribution in [1.29, 1.82) is 0 Å². The summed E-state index contributed by atoms with van der Waals surface area (Å²) in [5.74, 6) is 1.000. The molecule has 1 aliphatic carbocycles. The molecule has 8 heavy (non-hydrogen) atoms. The second-order valence-corrected chi connectivity index (χ2v) is 3.53. The van der Waals surface area contributed by atoms with Crippen molar-refractivity contribution < 1.29 is 0 Å². The molecule has 0 heteroatoms. The van der Waals surface area contributed by atoms with Gasteiger partial charge in [0.15, 0.2) is 0 Å². The van der Waals surface area contributed by atoms with E-state index in [1.807, 2.05) is 0 Å². The summed E-state index contributed by atoms with van der Waals surface area (Å²) in [6, 6.07) is 0. The molecule has 1 radical (unpaired) electrons. The maximum atomic E-state index is 3.83. The Kier molecular flexibility index (Phi) is 1.34. The van der Waals surface area contributed by atoms with Crippen molar-refractivity contribution in [3.63, 3.8) is 0 Å². The second kappa shape index (κ2) is 1.75. The molecule has 1 atom stereocenters. The smallest absolute Gasteiger partial charge is 0.0323 e. The molecule has 0 heterocycles. The zero-order chi connectivity index (χ0) is 6.20. The molecule has 0 nitrogen and oxygen atoms in total. The van der Waals surface area contributed by atoms with E-state index in [1.165, 1.54) is 12.8 Å². The molecular weight excluding hydrogens is 96.1 g/mol. The van der Waals surface area contributed by atoms with Gasteiger partial charge in [0.25, 0.3) is 0 Å². The fraction of sp³-hybridized carbons (Fsp3) is 0.875. The lowest BCUT2D eigenvalue weighted by Gasteiger charge is -1.98. The van der Waals surface area contributed by atoms with Crippen LogP contribution in [0.15, 0.2) is 0 Å². The lowest BCUT2D eigenvalue weighted by molar-refractivity contribution is 0.535. The molecule has 0 aromatic carbocycles. The quantitative estimate of drug-likeness (QED) is 0.514. The summed E-state index contributed by atoms with van der Waals surface area (Å²) in [6.45, 7) is 8.51. The molecule has 1 fully saturated rings. The van der Waals surface area contributed by atoms with Gasteiger partial charge in [-0.3, -0.25) is 0 Å². The minimum atomic E-state index is 0.678. The van der Waals surface area contributed by atoms with Crippen LogP contribution in [0.5, 0.6) is 0 Å². The van der Waals surface area contributed by atoms with Crippen molar-refractivity contribution in [2.24, 2.45) is 11.3 Å². The van der Waals surface area contributed by atoms with Gasteiger partial charge in [-0.15, -0.1) is 0 Å². The molecule has 0 N–H and O–H groups in total. The standard InChI is InChI=1S/C8H15/c1-4-5-7-6-8(7,2)3/h7H,1,4-6H2,2-3H3. The van der Waals surface area contributed by atoms with E-state index in [-0.39, 0.29) is 0 Å². The summed E-state index contributed by atoms with van der Waals surface area (Å²) in [5.41, 5.74) is 0.678. The summed E-state index contributed by atoms with van der Waals surface area (Å²) in [6.07, 6.45) is 3.89. The molecule has 0 aromatic heterocycles. The zero-order valence-corrected chi connectivity index (χ0v) is 5.91. The predicted molar refractivity (Wildman–Crippen MR) is 36.5 cm³/mol. The lowest BCUT2D eigenvalue weighted by atomic mass is 10.1. The summed E-state index contributed by atoms with van der Waals surface area (Å²) in [5, 5.41) is 0. The fourth-order valence-corrected chi connectivity index (χ4v) is 1.32. The van der Waals surface area contributed by atoms with Crippen LogP contribution in [0.2, 0.25) is 0 Å². The van der Waals surface area contributed by atoms with E-state index >= 15 is 0 Å². The van der Waals surface area contributed by atoms with E-state index in [0.29, 0.717) is 5.41 Å². The first-order valence-corrected chi connectivity index (χ1v) is 3.46. The maximum absolute atomic E-state index is 3.83. The van der Waals surface area contributed by atoms with Crippen LogP contribution < -0.4 is 0 Å². The first kappa shape index (κ1) is 6.12. The van der Waals surface area contributed by atoms with E-state index in [9.17, 15) is 0 Å². The van der Waals surface area contributed by atoms with Crippen LogP contribution in [0.4, 0.5) is 0 Å². The molecule has 0 amide bonds. The van der Waals surface area contributed by atoms with E-state index < -0.39 is 0 Å². The van der Waals surface area contributed by atoms with E-state index in [1.54, 1.807) is 0 Å². The summed E-state index contributed by atoms with van der Waals surface area (Å²) >= 11 is 0. The predicted octanol–water partition coefficient (Wildman–Crippen LogP) is 2.65. The minimum Gasteiger partial charge on any atom is -0.0596 e. The number of hydrogen-bond acceptors (Lipinski definition) is 0. The third-order valence-corrected chi connectivity index (χ3v) is 2.27. The fourth-order valence-electron chi connectivity index (χ4n) is 1.32. The molecular formula is C8H15. The number of hydrogen-bond donors (Lipinski definition) is 0. The van der Waals surface area contributed by atoms with Gasteiger partial charge in [0, 0.05) is 0 Å². The molecule has 1 saturated carbocycles. The van der Waals surface area contributed by atoms with Crippen molar-refractivity contribution in [2.75, 3.05) is 0 Å². The second-order valence-electron chi connectivity index (χ2n) is 3.53. The molecule has 0 aliphatic heterocycles. The molecule has 1 unspecified atom stereocenters. The van der Waals surface area contributed by atoms with Crippen LogP contribution in [0.25, 0.3) is 0 Å². The van der Waals surface area contributed by atoms with Gasteiger partial charge in [-0.05, 0) is 24.2 Å². The Bertz CT molecular complexity index is 82.0. The third-order valence-electron chi connectivity index (χ3n) is 2.27. The van der Waals surface area contributed by atoms with Gasteiger partial charge in [-0.25, -0.2) is 0 Å². The average molecular weight is 111 g/mol. The average Bonchev–Trinajstić information content (AvgIpc) is 2.15. The number of rotatable bonds is 2. The lowest BCUT2D eigenvalue weighted by Crippen LogP contribution is -1.88. The highest BCUT2D eigenvalue weighted by Gasteiger charge is 2.44. The van der Waals surface area contributed by atoms with Crippen LogP contribution in [0.3, 0.4) is 0 Å². The van der Waals surface area contributed by atoms with Crippen molar-refractivity contribution in [3.8, 4) is 0 Å². The van der Waals surface area contributed by atoms with Crippen molar-refractivity contribution in [1.82, 2.24) is 0 Å². The Morgan fingerprint density at radius 2 is 2.12 bits per heavy atom. The summed E-state index contributed by atoms with van der Waals surface area (Å²) in [4.78, 5) is 0. The minimum absolute atomic E-state index is 0.678. The highest BCUT2D eigenvalue weighted by molar-refractivity contribution is 4.94. The topological polar surface area (TPSA) is 0 Å². The Hall–Kier alpha value is 0. The summed E-state index contributed by atoms with van der Waals surface area (Å²) in [7, 11) is 0. The molecule has 0 saturated heterocycles. The maximum Gasteiger partial charge on any atom is -0.0323 e. The van der Waals surface area contributed by atoms with Crippen molar-refractivity contribution >= 4 is 0 Å². The highest BCUT2D eigenvalue weighted by Crippen LogP contribution is 2.53. The van der Waals surface area contributed by atoms with Crippen molar-refractivity contribution in [3.05, 3.63) is 6.92 Å². The Morgan fingerprint density at radius 1 is 1.62 bits per heavy atom. The van der Waals surface area contributed by atoms with Gasteiger partial charge in [0.2, 0.25) is 0 Å². The molecule has 0 aromatic rings. The molecule has 1 aliphatic rings. The molecule has 0 spiro atoms. The largest absolute Gasteiger partial charge is 0.0596 e. The van der Waals surface area contributed by atoms with Crippen LogP contribution in [0, 0.1) is 18.3 Å². The summed E-state index contributed by atoms with van der Waals surface area (Å²) < 4.78 is 0. The van der Waals surface area contributed by atoms with Crippen LogP contribution in [-0.2, 0) is 0 Å². The van der Waals surface area contributed by atoms with E-state index in [0.717, 1.165) is 12.3 Å². The van der Waals surface area contributed by atoms with Gasteiger partial charge in [-0.2, -0.15) is 0 Å². The van der Waals surface area contributed by atoms with Gasteiger partial charge < -0.3 is 0 Å².